The summed E-state index contributed by atoms with van der Waals surface area (Å²) in [6, 6.07) is 0. The predicted molar refractivity (Wildman–Crippen MR) is 38.9 cm³/mol. The fourth-order valence-corrected chi connectivity index (χ4v) is 0.565. The quantitative estimate of drug-likeness (QED) is 0.501. The van der Waals surface area contributed by atoms with Crippen LogP contribution in [0, 0.1) is 0 Å². The number of nitrogens with zero attached hydrogens (tertiary/aromatic N) is 2. The van der Waals surface area contributed by atoms with E-state index in [0.29, 0.717) is 0 Å². The van der Waals surface area contributed by atoms with Gasteiger partial charge >= 0.3 is 0 Å². The summed E-state index contributed by atoms with van der Waals surface area (Å²) in [7, 11) is 0. The van der Waals surface area contributed by atoms with Crippen molar-refractivity contribution in [3.8, 4) is 0 Å². The molecule has 0 aromatic heterocycles. The van der Waals surface area contributed by atoms with E-state index >= 15 is 0 Å². The molecule has 1 aliphatic rings. The van der Waals surface area contributed by atoms with Crippen molar-refractivity contribution in [3.05, 3.63) is 17.8 Å². The molecule has 0 radical (unpaired) electrons. The van der Waals surface area contributed by atoms with Crippen molar-refractivity contribution in [2.75, 3.05) is 0 Å². The first-order chi connectivity index (χ1) is 4.43. The van der Waals surface area contributed by atoms with Crippen molar-refractivity contribution < 1.29 is 0 Å². The molecule has 46 valence electrons. The molecule has 0 N–H and O–H groups in total. The summed E-state index contributed by atoms with van der Waals surface area (Å²) in [5.74, 6) is 2.69. The Kier molecular flexibility index (Phi) is 2.00. The van der Waals surface area contributed by atoms with Crippen LogP contribution in [0.5, 0.6) is 0 Å². The molecule has 2 nitrogen and oxygen atoms in total. The van der Waals surface area contributed by atoms with Gasteiger partial charge in [-0.1, -0.05) is 6.92 Å². The lowest BCUT2D eigenvalue weighted by Crippen LogP contribution is -1.71. The summed E-state index contributed by atoms with van der Waals surface area (Å²) in [5, 5.41) is 0. The first-order valence-corrected chi connectivity index (χ1v) is 2.93. The summed E-state index contributed by atoms with van der Waals surface area (Å²) >= 11 is 0. The van der Waals surface area contributed by atoms with Gasteiger partial charge < -0.3 is 0 Å². The second kappa shape index (κ2) is 3.00. The Bertz CT molecular complexity index is 205. The Labute approximate surface area is 54.3 Å². The molecule has 0 unspecified atom stereocenters. The zero-order valence-corrected chi connectivity index (χ0v) is 5.33. The minimum atomic E-state index is 0.949. The van der Waals surface area contributed by atoms with Gasteiger partial charge in [0.2, 0.25) is 0 Å². The van der Waals surface area contributed by atoms with Crippen LogP contribution in [0.2, 0.25) is 0 Å². The number of hydrogen-bond donors (Lipinski definition) is 0. The summed E-state index contributed by atoms with van der Waals surface area (Å²) in [5.41, 5.74) is 1.05. The fourth-order valence-electron chi connectivity index (χ4n) is 0.565. The maximum atomic E-state index is 4.02. The molecule has 1 rings (SSSR count). The minimum absolute atomic E-state index is 0.949. The van der Waals surface area contributed by atoms with Crippen LogP contribution in [-0.4, -0.2) is 12.2 Å². The summed E-state index contributed by atoms with van der Waals surface area (Å²) < 4.78 is 0. The lowest BCUT2D eigenvalue weighted by Gasteiger charge is -1.88. The molecule has 0 aromatic carbocycles. The van der Waals surface area contributed by atoms with Gasteiger partial charge in [0.15, 0.2) is 0 Å². The molecule has 2 heteroatoms. The lowest BCUT2D eigenvalue weighted by molar-refractivity contribution is 1.07. The Hall–Kier alpha value is -1.14. The Morgan fingerprint density at radius 3 is 3.33 bits per heavy atom. The van der Waals surface area contributed by atoms with Crippen LogP contribution in [-0.2, 0) is 0 Å². The summed E-state index contributed by atoms with van der Waals surface area (Å²) in [6.07, 6.45) is 6.14. The van der Waals surface area contributed by atoms with Crippen molar-refractivity contribution in [2.45, 2.75) is 13.3 Å². The van der Waals surface area contributed by atoms with E-state index in [4.69, 9.17) is 0 Å². The van der Waals surface area contributed by atoms with E-state index in [0.717, 1.165) is 12.1 Å². The van der Waals surface area contributed by atoms with Crippen LogP contribution in [0.1, 0.15) is 13.3 Å². The highest BCUT2D eigenvalue weighted by Gasteiger charge is 1.85. The molecule has 0 aromatic rings. The Balaban J connectivity index is 2.78. The van der Waals surface area contributed by atoms with E-state index in [1.54, 1.807) is 6.08 Å². The minimum Gasteiger partial charge on any atom is -0.241 e. The topological polar surface area (TPSA) is 24.7 Å². The molecule has 0 bridgehead atoms. The molecule has 0 amide bonds. The van der Waals surface area contributed by atoms with E-state index in [9.17, 15) is 0 Å². The molecule has 0 saturated carbocycles. The molecule has 0 atom stereocenters. The van der Waals surface area contributed by atoms with Crippen LogP contribution in [0.4, 0.5) is 0 Å². The number of rotatable bonds is 1. The predicted octanol–water partition coefficient (Wildman–Crippen LogP) is 1.55. The standard InChI is InChI=1S/C7H8N2/c1-2-7-4-3-5-8-6-9-7/h3-4,6H,2H2,1H3. The lowest BCUT2D eigenvalue weighted by atomic mass is 10.3. The van der Waals surface area contributed by atoms with E-state index in [-0.39, 0.29) is 0 Å². The fraction of sp³-hybridized carbons (Fsp3) is 0.286. The van der Waals surface area contributed by atoms with Crippen molar-refractivity contribution in [2.24, 2.45) is 9.98 Å². The average Bonchev–Trinajstić information content (AvgIpc) is 2.13. The maximum Gasteiger partial charge on any atom is 0.125 e. The highest BCUT2D eigenvalue weighted by atomic mass is 14.9. The number of hydrogen-bond acceptors (Lipinski definition) is 2. The second-order valence-corrected chi connectivity index (χ2v) is 1.68. The highest BCUT2D eigenvalue weighted by Crippen LogP contribution is 2.01. The molecular weight excluding hydrogens is 112 g/mol. The monoisotopic (exact) mass is 120 g/mol. The second-order valence-electron chi connectivity index (χ2n) is 1.68. The van der Waals surface area contributed by atoms with Crippen LogP contribution >= 0.6 is 0 Å². The smallest absolute Gasteiger partial charge is 0.125 e. The molecular formula is C7H8N2. The molecule has 1 aliphatic heterocycles. The molecule has 0 aliphatic carbocycles. The van der Waals surface area contributed by atoms with Crippen molar-refractivity contribution >= 4 is 12.2 Å². The van der Waals surface area contributed by atoms with Gasteiger partial charge in [0, 0.05) is 11.8 Å². The van der Waals surface area contributed by atoms with Gasteiger partial charge in [-0.15, -0.1) is 0 Å². The first-order valence-electron chi connectivity index (χ1n) is 2.93. The third kappa shape index (κ3) is 1.67. The third-order valence-corrected chi connectivity index (χ3v) is 1.07. The van der Waals surface area contributed by atoms with Crippen LogP contribution in [0.25, 0.3) is 0 Å². The van der Waals surface area contributed by atoms with E-state index in [2.05, 4.69) is 22.8 Å². The molecule has 0 spiro atoms. The van der Waals surface area contributed by atoms with Crippen LogP contribution in [0.3, 0.4) is 0 Å². The highest BCUT2D eigenvalue weighted by molar-refractivity contribution is 5.72. The average molecular weight is 120 g/mol. The van der Waals surface area contributed by atoms with Crippen LogP contribution in [0.15, 0.2) is 27.8 Å². The SMILES string of the molecule is CCC1=CC=C=NC=N1. The molecule has 1 heterocycles. The number of aliphatic imine (C=N–C) groups is 2. The zero-order valence-electron chi connectivity index (χ0n) is 5.33. The molecule has 0 saturated heterocycles. The van der Waals surface area contributed by atoms with Gasteiger partial charge in [-0.2, -0.15) is 4.99 Å². The van der Waals surface area contributed by atoms with Gasteiger partial charge in [-0.05, 0) is 18.4 Å². The van der Waals surface area contributed by atoms with Crippen LogP contribution < -0.4 is 0 Å². The Morgan fingerprint density at radius 1 is 1.67 bits per heavy atom. The molecule has 0 fully saturated rings. The van der Waals surface area contributed by atoms with Crippen molar-refractivity contribution in [1.82, 2.24) is 0 Å². The van der Waals surface area contributed by atoms with E-state index in [1.165, 1.54) is 6.34 Å². The number of allylic oxidation sites excluding steroid dienone is 3. The largest absolute Gasteiger partial charge is 0.241 e. The van der Waals surface area contributed by atoms with Gasteiger partial charge in [-0.3, -0.25) is 0 Å². The van der Waals surface area contributed by atoms with Gasteiger partial charge in [0.1, 0.15) is 6.34 Å². The zero-order chi connectivity index (χ0) is 6.53. The van der Waals surface area contributed by atoms with Gasteiger partial charge in [0.05, 0.1) is 0 Å². The first kappa shape index (κ1) is 5.99. The van der Waals surface area contributed by atoms with E-state index in [1.807, 2.05) is 6.08 Å². The summed E-state index contributed by atoms with van der Waals surface area (Å²) in [6.45, 7) is 2.06. The Morgan fingerprint density at radius 2 is 2.56 bits per heavy atom. The normalized spacial score (nSPS) is 15.4. The summed E-state index contributed by atoms with van der Waals surface area (Å²) in [4.78, 5) is 7.74. The van der Waals surface area contributed by atoms with Crippen molar-refractivity contribution in [1.29, 1.82) is 0 Å². The third-order valence-electron chi connectivity index (χ3n) is 1.07. The maximum absolute atomic E-state index is 4.02. The van der Waals surface area contributed by atoms with E-state index < -0.39 is 0 Å². The van der Waals surface area contributed by atoms with Gasteiger partial charge in [0.25, 0.3) is 0 Å². The molecule has 9 heavy (non-hydrogen) atoms. The van der Waals surface area contributed by atoms with Gasteiger partial charge in [-0.25, -0.2) is 4.99 Å². The van der Waals surface area contributed by atoms with Crippen molar-refractivity contribution in [3.63, 3.8) is 0 Å².